The van der Waals surface area contributed by atoms with Gasteiger partial charge in [0.15, 0.2) is 0 Å². The Morgan fingerprint density at radius 1 is 0.842 bits per heavy atom. The molecule has 0 bridgehead atoms. The Bertz CT molecular complexity index is 572. The Balaban J connectivity index is 2.28. The maximum atomic E-state index is 2.16. The largest absolute Gasteiger partial charge is 0.0876 e. The fraction of sp³-hybridized carbons (Fsp3) is 0.0526. The monoisotopic (exact) mass is 246 g/mol. The molecule has 0 aliphatic carbocycles. The SMILES string of the molecule is C/C=C/C=C(\C=C/c1ccccc1)c1ccccc1. The van der Waals surface area contributed by atoms with Crippen molar-refractivity contribution in [3.63, 3.8) is 0 Å². The highest BCUT2D eigenvalue weighted by molar-refractivity contribution is 5.79. The molecule has 0 aliphatic rings. The molecule has 0 heterocycles. The van der Waals surface area contributed by atoms with Crippen LogP contribution in [0.4, 0.5) is 0 Å². The van der Waals surface area contributed by atoms with Crippen molar-refractivity contribution in [3.8, 4) is 0 Å². The van der Waals surface area contributed by atoms with Gasteiger partial charge in [-0.3, -0.25) is 0 Å². The molecule has 0 radical (unpaired) electrons. The van der Waals surface area contributed by atoms with Gasteiger partial charge in [0, 0.05) is 0 Å². The van der Waals surface area contributed by atoms with Gasteiger partial charge in [-0.1, -0.05) is 91.0 Å². The molecule has 0 amide bonds. The summed E-state index contributed by atoms with van der Waals surface area (Å²) >= 11 is 0. The van der Waals surface area contributed by atoms with Crippen molar-refractivity contribution in [2.45, 2.75) is 6.92 Å². The van der Waals surface area contributed by atoms with E-state index in [4.69, 9.17) is 0 Å². The van der Waals surface area contributed by atoms with Crippen LogP contribution in [0, 0.1) is 0 Å². The molecule has 2 rings (SSSR count). The molecule has 0 nitrogen and oxygen atoms in total. The van der Waals surface area contributed by atoms with Crippen molar-refractivity contribution in [2.75, 3.05) is 0 Å². The summed E-state index contributed by atoms with van der Waals surface area (Å²) in [4.78, 5) is 0. The molecule has 19 heavy (non-hydrogen) atoms. The number of allylic oxidation sites excluding steroid dienone is 5. The first-order valence-corrected chi connectivity index (χ1v) is 6.51. The van der Waals surface area contributed by atoms with Gasteiger partial charge in [-0.2, -0.15) is 0 Å². The molecule has 0 N–H and O–H groups in total. The van der Waals surface area contributed by atoms with E-state index in [2.05, 4.69) is 72.8 Å². The second-order valence-corrected chi connectivity index (χ2v) is 4.26. The minimum absolute atomic E-state index is 1.21. The van der Waals surface area contributed by atoms with Crippen LogP contribution in [0.25, 0.3) is 11.6 Å². The summed E-state index contributed by atoms with van der Waals surface area (Å²) in [6.07, 6.45) is 10.5. The molecular weight excluding hydrogens is 228 g/mol. The fourth-order valence-electron chi connectivity index (χ4n) is 1.83. The van der Waals surface area contributed by atoms with Crippen molar-refractivity contribution < 1.29 is 0 Å². The second kappa shape index (κ2) is 7.17. The molecule has 2 aromatic carbocycles. The standard InChI is InChI=1S/C19H18/c1-2-3-12-19(18-13-8-5-9-14-18)16-15-17-10-6-4-7-11-17/h2-16H,1H3/b3-2+,16-15-,19-12+. The summed E-state index contributed by atoms with van der Waals surface area (Å²) in [5, 5.41) is 0. The minimum Gasteiger partial charge on any atom is -0.0876 e. The van der Waals surface area contributed by atoms with Crippen LogP contribution in [0.3, 0.4) is 0 Å². The van der Waals surface area contributed by atoms with Gasteiger partial charge in [0.2, 0.25) is 0 Å². The van der Waals surface area contributed by atoms with Gasteiger partial charge < -0.3 is 0 Å². The molecule has 0 unspecified atom stereocenters. The summed E-state index contributed by atoms with van der Waals surface area (Å²) in [5.41, 5.74) is 3.65. The third kappa shape index (κ3) is 4.11. The van der Waals surface area contributed by atoms with E-state index in [1.807, 2.05) is 25.1 Å². The van der Waals surface area contributed by atoms with E-state index < -0.39 is 0 Å². The minimum atomic E-state index is 1.21. The van der Waals surface area contributed by atoms with Crippen LogP contribution >= 0.6 is 0 Å². The van der Waals surface area contributed by atoms with E-state index in [1.165, 1.54) is 16.7 Å². The van der Waals surface area contributed by atoms with Crippen LogP contribution in [0.1, 0.15) is 18.1 Å². The van der Waals surface area contributed by atoms with Crippen LogP contribution in [-0.4, -0.2) is 0 Å². The molecule has 0 aromatic heterocycles. The third-order valence-electron chi connectivity index (χ3n) is 2.83. The van der Waals surface area contributed by atoms with Crippen LogP contribution < -0.4 is 0 Å². The molecule has 0 saturated heterocycles. The van der Waals surface area contributed by atoms with E-state index >= 15 is 0 Å². The Hall–Kier alpha value is -2.34. The number of rotatable bonds is 4. The Labute approximate surface area is 115 Å². The lowest BCUT2D eigenvalue weighted by atomic mass is 10.0. The molecule has 0 aliphatic heterocycles. The summed E-state index contributed by atoms with van der Waals surface area (Å²) in [5.74, 6) is 0. The average Bonchev–Trinajstić information content (AvgIpc) is 2.49. The smallest absolute Gasteiger partial charge is 0.0184 e. The summed E-state index contributed by atoms with van der Waals surface area (Å²) in [6, 6.07) is 20.8. The van der Waals surface area contributed by atoms with Gasteiger partial charge in [0.1, 0.15) is 0 Å². The first kappa shape index (κ1) is 13.1. The van der Waals surface area contributed by atoms with Crippen LogP contribution in [0.5, 0.6) is 0 Å². The third-order valence-corrected chi connectivity index (χ3v) is 2.83. The maximum Gasteiger partial charge on any atom is -0.0184 e. The molecule has 0 atom stereocenters. The highest BCUT2D eigenvalue weighted by Crippen LogP contribution is 2.17. The lowest BCUT2D eigenvalue weighted by molar-refractivity contribution is 1.61. The van der Waals surface area contributed by atoms with Crippen molar-refractivity contribution in [3.05, 3.63) is 96.1 Å². The zero-order chi connectivity index (χ0) is 13.3. The summed E-state index contributed by atoms with van der Waals surface area (Å²) in [6.45, 7) is 2.03. The summed E-state index contributed by atoms with van der Waals surface area (Å²) < 4.78 is 0. The molecule has 0 fully saturated rings. The van der Waals surface area contributed by atoms with Gasteiger partial charge in [-0.15, -0.1) is 0 Å². The van der Waals surface area contributed by atoms with Gasteiger partial charge in [0.05, 0.1) is 0 Å². The van der Waals surface area contributed by atoms with Gasteiger partial charge in [0.25, 0.3) is 0 Å². The predicted octanol–water partition coefficient (Wildman–Crippen LogP) is 5.36. The zero-order valence-corrected chi connectivity index (χ0v) is 11.2. The Kier molecular flexibility index (Phi) is 4.95. The van der Waals surface area contributed by atoms with Gasteiger partial charge >= 0.3 is 0 Å². The van der Waals surface area contributed by atoms with Gasteiger partial charge in [-0.05, 0) is 23.6 Å². The Morgan fingerprint density at radius 2 is 1.47 bits per heavy atom. The molecule has 0 spiro atoms. The van der Waals surface area contributed by atoms with E-state index in [0.29, 0.717) is 0 Å². The topological polar surface area (TPSA) is 0 Å². The van der Waals surface area contributed by atoms with Gasteiger partial charge in [-0.25, -0.2) is 0 Å². The van der Waals surface area contributed by atoms with Crippen molar-refractivity contribution >= 4 is 11.6 Å². The summed E-state index contributed by atoms with van der Waals surface area (Å²) in [7, 11) is 0. The number of hydrogen-bond acceptors (Lipinski definition) is 0. The molecular formula is C19H18. The van der Waals surface area contributed by atoms with E-state index in [0.717, 1.165) is 0 Å². The van der Waals surface area contributed by atoms with E-state index in [9.17, 15) is 0 Å². The molecule has 0 saturated carbocycles. The zero-order valence-electron chi connectivity index (χ0n) is 11.2. The lowest BCUT2D eigenvalue weighted by Crippen LogP contribution is -1.79. The quantitative estimate of drug-likeness (QED) is 0.637. The normalized spacial score (nSPS) is 12.4. The predicted molar refractivity (Wildman–Crippen MR) is 84.7 cm³/mol. The van der Waals surface area contributed by atoms with Crippen LogP contribution in [-0.2, 0) is 0 Å². The Morgan fingerprint density at radius 3 is 2.11 bits per heavy atom. The van der Waals surface area contributed by atoms with E-state index in [1.54, 1.807) is 0 Å². The molecule has 2 aromatic rings. The average molecular weight is 246 g/mol. The molecule has 0 heteroatoms. The van der Waals surface area contributed by atoms with Crippen molar-refractivity contribution in [1.82, 2.24) is 0 Å². The lowest BCUT2D eigenvalue weighted by Gasteiger charge is -2.01. The second-order valence-electron chi connectivity index (χ2n) is 4.26. The first-order chi connectivity index (χ1) is 9.40. The highest BCUT2D eigenvalue weighted by atomic mass is 14.0. The molecule has 94 valence electrons. The number of hydrogen-bond donors (Lipinski definition) is 0. The van der Waals surface area contributed by atoms with Crippen LogP contribution in [0.15, 0.2) is 85.0 Å². The van der Waals surface area contributed by atoms with Crippen molar-refractivity contribution in [2.24, 2.45) is 0 Å². The fourth-order valence-corrected chi connectivity index (χ4v) is 1.83. The van der Waals surface area contributed by atoms with Crippen LogP contribution in [0.2, 0.25) is 0 Å². The van der Waals surface area contributed by atoms with E-state index in [-0.39, 0.29) is 0 Å². The maximum absolute atomic E-state index is 2.16. The first-order valence-electron chi connectivity index (χ1n) is 6.51. The highest BCUT2D eigenvalue weighted by Gasteiger charge is 1.95. The van der Waals surface area contributed by atoms with Crippen molar-refractivity contribution in [1.29, 1.82) is 0 Å². The number of benzene rings is 2.